The van der Waals surface area contributed by atoms with Crippen molar-refractivity contribution >= 4 is 39.1 Å². The van der Waals surface area contributed by atoms with Crippen molar-refractivity contribution in [1.29, 1.82) is 0 Å². The van der Waals surface area contributed by atoms with Crippen LogP contribution in [-0.2, 0) is 0 Å². The summed E-state index contributed by atoms with van der Waals surface area (Å²) in [7, 11) is 0. The van der Waals surface area contributed by atoms with E-state index in [1.807, 2.05) is 19.1 Å². The molecule has 20 heavy (non-hydrogen) atoms. The molecule has 2 aromatic carbocycles. The second-order valence-electron chi connectivity index (χ2n) is 4.30. The topological polar surface area (TPSA) is 12.0 Å². The van der Waals surface area contributed by atoms with Crippen molar-refractivity contribution in [2.75, 3.05) is 6.54 Å². The van der Waals surface area contributed by atoms with Crippen molar-refractivity contribution < 1.29 is 4.39 Å². The van der Waals surface area contributed by atoms with E-state index < -0.39 is 0 Å². The Bertz CT molecular complexity index is 617. The Kier molecular flexibility index (Phi) is 5.44. The van der Waals surface area contributed by atoms with Gasteiger partial charge in [-0.2, -0.15) is 0 Å². The summed E-state index contributed by atoms with van der Waals surface area (Å²) >= 11 is 15.7. The van der Waals surface area contributed by atoms with E-state index >= 15 is 0 Å². The van der Waals surface area contributed by atoms with Gasteiger partial charge in [-0.3, -0.25) is 0 Å². The van der Waals surface area contributed by atoms with Gasteiger partial charge in [-0.1, -0.05) is 58.2 Å². The van der Waals surface area contributed by atoms with Crippen LogP contribution in [0, 0.1) is 5.82 Å². The first-order valence-electron chi connectivity index (χ1n) is 6.16. The molecule has 5 heteroatoms. The highest BCUT2D eigenvalue weighted by molar-refractivity contribution is 9.10. The largest absolute Gasteiger partial charge is 0.306 e. The van der Waals surface area contributed by atoms with Gasteiger partial charge in [-0.05, 0) is 36.4 Å². The average molecular weight is 377 g/mol. The number of hydrogen-bond donors (Lipinski definition) is 1. The van der Waals surface area contributed by atoms with E-state index in [4.69, 9.17) is 23.2 Å². The molecule has 1 nitrogen and oxygen atoms in total. The highest BCUT2D eigenvalue weighted by Gasteiger charge is 2.20. The van der Waals surface area contributed by atoms with Crippen LogP contribution in [0.25, 0.3) is 0 Å². The Labute approximate surface area is 136 Å². The summed E-state index contributed by atoms with van der Waals surface area (Å²) in [6, 6.07) is 9.88. The third-order valence-corrected chi connectivity index (χ3v) is 4.30. The zero-order chi connectivity index (χ0) is 14.7. The van der Waals surface area contributed by atoms with Gasteiger partial charge in [0.25, 0.3) is 0 Å². The lowest BCUT2D eigenvalue weighted by Gasteiger charge is -2.21. The lowest BCUT2D eigenvalue weighted by atomic mass is 9.98. The lowest BCUT2D eigenvalue weighted by molar-refractivity contribution is 0.558. The quantitative estimate of drug-likeness (QED) is 0.732. The lowest BCUT2D eigenvalue weighted by Crippen LogP contribution is -2.23. The van der Waals surface area contributed by atoms with Gasteiger partial charge >= 0.3 is 0 Å². The highest BCUT2D eigenvalue weighted by Crippen LogP contribution is 2.34. The fourth-order valence-electron chi connectivity index (χ4n) is 2.07. The Morgan fingerprint density at radius 2 is 1.95 bits per heavy atom. The van der Waals surface area contributed by atoms with Gasteiger partial charge < -0.3 is 5.32 Å². The predicted molar refractivity (Wildman–Crippen MR) is 86.1 cm³/mol. The second-order valence-corrected chi connectivity index (χ2v) is 6.00. The summed E-state index contributed by atoms with van der Waals surface area (Å²) in [4.78, 5) is 0. The fourth-order valence-corrected chi connectivity index (χ4v) is 2.87. The summed E-state index contributed by atoms with van der Waals surface area (Å²) in [5, 5.41) is 4.15. The molecular formula is C15H13BrCl2FN. The highest BCUT2D eigenvalue weighted by atomic mass is 79.9. The molecule has 0 saturated heterocycles. The van der Waals surface area contributed by atoms with Gasteiger partial charge in [-0.15, -0.1) is 0 Å². The van der Waals surface area contributed by atoms with Crippen LogP contribution < -0.4 is 5.32 Å². The van der Waals surface area contributed by atoms with Crippen molar-refractivity contribution in [3.63, 3.8) is 0 Å². The van der Waals surface area contributed by atoms with Crippen LogP contribution >= 0.6 is 39.1 Å². The molecule has 1 N–H and O–H groups in total. The van der Waals surface area contributed by atoms with Crippen LogP contribution in [0.3, 0.4) is 0 Å². The van der Waals surface area contributed by atoms with E-state index in [0.29, 0.717) is 22.2 Å². The minimum absolute atomic E-state index is 0.282. The number of benzene rings is 2. The molecule has 0 heterocycles. The van der Waals surface area contributed by atoms with Crippen molar-refractivity contribution in [1.82, 2.24) is 5.32 Å². The molecule has 1 atom stereocenters. The van der Waals surface area contributed by atoms with Crippen molar-refractivity contribution in [3.05, 3.63) is 67.9 Å². The zero-order valence-electron chi connectivity index (χ0n) is 10.8. The number of halogens is 4. The fraction of sp³-hybridized carbons (Fsp3) is 0.200. The average Bonchev–Trinajstić information content (AvgIpc) is 2.43. The Balaban J connectivity index is 2.56. The summed E-state index contributed by atoms with van der Waals surface area (Å²) in [5.74, 6) is -0.282. The van der Waals surface area contributed by atoms with Crippen LogP contribution in [0.4, 0.5) is 4.39 Å². The first-order chi connectivity index (χ1) is 9.54. The van der Waals surface area contributed by atoms with Crippen LogP contribution in [0.1, 0.15) is 24.1 Å². The molecule has 2 aromatic rings. The molecule has 0 amide bonds. The molecule has 0 radical (unpaired) electrons. The molecule has 2 rings (SSSR count). The molecule has 0 aliphatic heterocycles. The van der Waals surface area contributed by atoms with E-state index in [2.05, 4.69) is 21.2 Å². The van der Waals surface area contributed by atoms with Gasteiger partial charge in [0.1, 0.15) is 5.82 Å². The molecule has 0 aliphatic carbocycles. The summed E-state index contributed by atoms with van der Waals surface area (Å²) in [6.07, 6.45) is 0. The maximum Gasteiger partial charge on any atom is 0.128 e. The molecule has 106 valence electrons. The molecule has 0 bridgehead atoms. The van der Waals surface area contributed by atoms with E-state index in [1.54, 1.807) is 18.2 Å². The Hall–Kier alpha value is -0.610. The SMILES string of the molecule is CCNC(c1cc(Br)ccc1F)c1cccc(Cl)c1Cl. The van der Waals surface area contributed by atoms with Crippen LogP contribution in [0.15, 0.2) is 40.9 Å². The second kappa shape index (κ2) is 6.90. The Morgan fingerprint density at radius 1 is 1.20 bits per heavy atom. The first-order valence-corrected chi connectivity index (χ1v) is 7.71. The maximum atomic E-state index is 14.1. The van der Waals surface area contributed by atoms with E-state index in [1.165, 1.54) is 6.07 Å². The van der Waals surface area contributed by atoms with Crippen molar-refractivity contribution in [2.24, 2.45) is 0 Å². The smallest absolute Gasteiger partial charge is 0.128 e. The standard InChI is InChI=1S/C15H13BrCl2FN/c1-2-20-15(10-4-3-5-12(17)14(10)18)11-8-9(16)6-7-13(11)19/h3-8,15,20H,2H2,1H3. The van der Waals surface area contributed by atoms with Crippen LogP contribution in [0.5, 0.6) is 0 Å². The van der Waals surface area contributed by atoms with E-state index in [9.17, 15) is 4.39 Å². The van der Waals surface area contributed by atoms with Crippen LogP contribution in [-0.4, -0.2) is 6.54 Å². The zero-order valence-corrected chi connectivity index (χ0v) is 13.9. The molecule has 1 unspecified atom stereocenters. The normalized spacial score (nSPS) is 12.4. The number of hydrogen-bond acceptors (Lipinski definition) is 1. The van der Waals surface area contributed by atoms with Gasteiger partial charge in [-0.25, -0.2) is 4.39 Å². The Morgan fingerprint density at radius 3 is 2.65 bits per heavy atom. The van der Waals surface area contributed by atoms with Gasteiger partial charge in [0.2, 0.25) is 0 Å². The van der Waals surface area contributed by atoms with Crippen molar-refractivity contribution in [3.8, 4) is 0 Å². The van der Waals surface area contributed by atoms with E-state index in [-0.39, 0.29) is 11.9 Å². The van der Waals surface area contributed by atoms with Crippen LogP contribution in [0.2, 0.25) is 10.0 Å². The molecule has 0 aromatic heterocycles. The molecule has 0 saturated carbocycles. The summed E-state index contributed by atoms with van der Waals surface area (Å²) in [6.45, 7) is 2.64. The predicted octanol–water partition coefficient (Wildman–Crippen LogP) is 5.59. The third-order valence-electron chi connectivity index (χ3n) is 2.97. The summed E-state index contributed by atoms with van der Waals surface area (Å²) in [5.41, 5.74) is 1.29. The minimum Gasteiger partial charge on any atom is -0.306 e. The van der Waals surface area contributed by atoms with Crippen molar-refractivity contribution in [2.45, 2.75) is 13.0 Å². The summed E-state index contributed by atoms with van der Waals surface area (Å²) < 4.78 is 14.9. The number of rotatable bonds is 4. The molecule has 0 aliphatic rings. The van der Waals surface area contributed by atoms with Gasteiger partial charge in [0, 0.05) is 10.0 Å². The molecule has 0 fully saturated rings. The molecular weight excluding hydrogens is 364 g/mol. The van der Waals surface area contributed by atoms with Gasteiger partial charge in [0.05, 0.1) is 16.1 Å². The monoisotopic (exact) mass is 375 g/mol. The maximum absolute atomic E-state index is 14.1. The molecule has 0 spiro atoms. The van der Waals surface area contributed by atoms with E-state index in [0.717, 1.165) is 10.0 Å². The van der Waals surface area contributed by atoms with Gasteiger partial charge in [0.15, 0.2) is 0 Å². The third kappa shape index (κ3) is 3.34. The minimum atomic E-state index is -0.344. The number of nitrogens with one attached hydrogen (secondary N) is 1. The first kappa shape index (κ1) is 15.8.